The first-order valence-electron chi connectivity index (χ1n) is 8.10. The molecule has 1 saturated carbocycles. The Kier molecular flexibility index (Phi) is 4.99. The van der Waals surface area contributed by atoms with Gasteiger partial charge >= 0.3 is 0 Å². The van der Waals surface area contributed by atoms with Crippen LogP contribution >= 0.6 is 0 Å². The number of ether oxygens (including phenoxy) is 1. The zero-order valence-electron chi connectivity index (χ0n) is 13.5. The standard InChI is InChI=1S/C19H19F2NO3/c20-14-3-1-13(2-4-14)19(9-10-19)18(24)22-11-16(23)12-25-17-7-5-15(21)6-8-17/h1-8,16,23H,9-12H2,(H,22,24)/t16-/m0/s1. The molecule has 2 aromatic rings. The number of rotatable bonds is 7. The maximum Gasteiger partial charge on any atom is 0.230 e. The summed E-state index contributed by atoms with van der Waals surface area (Å²) in [4.78, 5) is 12.4. The molecule has 25 heavy (non-hydrogen) atoms. The van der Waals surface area contributed by atoms with Crippen LogP contribution in [0.25, 0.3) is 0 Å². The van der Waals surface area contributed by atoms with Gasteiger partial charge in [0, 0.05) is 6.54 Å². The number of hydrogen-bond acceptors (Lipinski definition) is 3. The van der Waals surface area contributed by atoms with Crippen molar-refractivity contribution in [2.75, 3.05) is 13.2 Å². The molecule has 132 valence electrons. The lowest BCUT2D eigenvalue weighted by atomic mass is 9.95. The summed E-state index contributed by atoms with van der Waals surface area (Å²) in [5, 5.41) is 12.7. The van der Waals surface area contributed by atoms with E-state index >= 15 is 0 Å². The van der Waals surface area contributed by atoms with Crippen LogP contribution in [0.5, 0.6) is 5.75 Å². The number of carbonyl (C=O) groups is 1. The van der Waals surface area contributed by atoms with E-state index in [1.807, 2.05) is 0 Å². The van der Waals surface area contributed by atoms with Crippen LogP contribution < -0.4 is 10.1 Å². The second-order valence-corrected chi connectivity index (χ2v) is 6.22. The van der Waals surface area contributed by atoms with Crippen LogP contribution in [0, 0.1) is 11.6 Å². The van der Waals surface area contributed by atoms with E-state index in [0.29, 0.717) is 18.6 Å². The van der Waals surface area contributed by atoms with E-state index in [0.717, 1.165) is 5.56 Å². The van der Waals surface area contributed by atoms with E-state index in [2.05, 4.69) is 5.32 Å². The van der Waals surface area contributed by atoms with Crippen LogP contribution in [0.4, 0.5) is 8.78 Å². The van der Waals surface area contributed by atoms with Crippen LogP contribution in [0.1, 0.15) is 18.4 Å². The molecule has 1 aliphatic rings. The van der Waals surface area contributed by atoms with E-state index in [-0.39, 0.29) is 30.7 Å². The molecule has 3 rings (SSSR count). The van der Waals surface area contributed by atoms with Gasteiger partial charge in [0.15, 0.2) is 0 Å². The van der Waals surface area contributed by atoms with Crippen molar-refractivity contribution >= 4 is 5.91 Å². The Bertz CT molecular complexity index is 727. The van der Waals surface area contributed by atoms with Crippen molar-refractivity contribution in [1.82, 2.24) is 5.32 Å². The molecule has 0 spiro atoms. The predicted molar refractivity (Wildman–Crippen MR) is 88.2 cm³/mol. The highest BCUT2D eigenvalue weighted by Crippen LogP contribution is 2.48. The Morgan fingerprint density at radius 2 is 1.64 bits per heavy atom. The summed E-state index contributed by atoms with van der Waals surface area (Å²) in [6.45, 7) is 0.0262. The Hall–Kier alpha value is -2.47. The average molecular weight is 347 g/mol. The van der Waals surface area contributed by atoms with Gasteiger partial charge in [0.1, 0.15) is 30.1 Å². The normalized spacial score (nSPS) is 16.1. The minimum absolute atomic E-state index is 0.0184. The minimum atomic E-state index is -0.891. The van der Waals surface area contributed by atoms with Gasteiger partial charge in [-0.25, -0.2) is 8.78 Å². The first-order valence-corrected chi connectivity index (χ1v) is 8.10. The van der Waals surface area contributed by atoms with Gasteiger partial charge in [0.2, 0.25) is 5.91 Å². The smallest absolute Gasteiger partial charge is 0.230 e. The fraction of sp³-hybridized carbons (Fsp3) is 0.316. The fourth-order valence-electron chi connectivity index (χ4n) is 2.70. The van der Waals surface area contributed by atoms with E-state index in [9.17, 15) is 18.7 Å². The van der Waals surface area contributed by atoms with Crippen LogP contribution in [-0.4, -0.2) is 30.3 Å². The third-order valence-electron chi connectivity index (χ3n) is 4.34. The summed E-state index contributed by atoms with van der Waals surface area (Å²) >= 11 is 0. The highest BCUT2D eigenvalue weighted by atomic mass is 19.1. The number of carbonyl (C=O) groups excluding carboxylic acids is 1. The van der Waals surface area contributed by atoms with Crippen molar-refractivity contribution in [3.63, 3.8) is 0 Å². The molecule has 0 unspecified atom stereocenters. The Morgan fingerprint density at radius 3 is 2.20 bits per heavy atom. The van der Waals surface area contributed by atoms with Crippen molar-refractivity contribution in [3.8, 4) is 5.75 Å². The number of aliphatic hydroxyl groups excluding tert-OH is 1. The van der Waals surface area contributed by atoms with Gasteiger partial charge < -0.3 is 15.2 Å². The Balaban J connectivity index is 1.48. The summed E-state index contributed by atoms with van der Waals surface area (Å²) in [5.41, 5.74) is 0.161. The van der Waals surface area contributed by atoms with Crippen LogP contribution in [0.3, 0.4) is 0 Å². The van der Waals surface area contributed by atoms with Crippen LogP contribution in [0.2, 0.25) is 0 Å². The molecule has 0 aromatic heterocycles. The van der Waals surface area contributed by atoms with Gasteiger partial charge in [0.25, 0.3) is 0 Å². The Morgan fingerprint density at radius 1 is 1.08 bits per heavy atom. The highest BCUT2D eigenvalue weighted by Gasteiger charge is 2.51. The third-order valence-corrected chi connectivity index (χ3v) is 4.34. The van der Waals surface area contributed by atoms with Crippen molar-refractivity contribution in [2.45, 2.75) is 24.4 Å². The average Bonchev–Trinajstić information content (AvgIpc) is 3.41. The molecule has 2 aromatic carbocycles. The van der Waals surface area contributed by atoms with Gasteiger partial charge in [-0.3, -0.25) is 4.79 Å². The lowest BCUT2D eigenvalue weighted by molar-refractivity contribution is -0.124. The predicted octanol–water partition coefficient (Wildman–Crippen LogP) is 2.55. The molecule has 1 fully saturated rings. The molecule has 4 nitrogen and oxygen atoms in total. The van der Waals surface area contributed by atoms with Crippen molar-refractivity contribution in [3.05, 3.63) is 65.7 Å². The fourth-order valence-corrected chi connectivity index (χ4v) is 2.70. The lowest BCUT2D eigenvalue weighted by Gasteiger charge is -2.18. The SMILES string of the molecule is O=C(NC[C@H](O)COc1ccc(F)cc1)C1(c2ccc(F)cc2)CC1. The third kappa shape index (κ3) is 4.14. The van der Waals surface area contributed by atoms with Gasteiger partial charge in [-0.05, 0) is 54.8 Å². The summed E-state index contributed by atoms with van der Waals surface area (Å²) in [6, 6.07) is 11.4. The zero-order chi connectivity index (χ0) is 17.9. The van der Waals surface area contributed by atoms with Crippen molar-refractivity contribution in [1.29, 1.82) is 0 Å². The molecule has 1 aliphatic carbocycles. The van der Waals surface area contributed by atoms with Crippen LogP contribution in [0.15, 0.2) is 48.5 Å². The van der Waals surface area contributed by atoms with Gasteiger partial charge in [-0.15, -0.1) is 0 Å². The molecular weight excluding hydrogens is 328 g/mol. The number of aliphatic hydroxyl groups is 1. The molecule has 1 atom stereocenters. The molecule has 2 N–H and O–H groups in total. The van der Waals surface area contributed by atoms with Gasteiger partial charge in [-0.2, -0.15) is 0 Å². The van der Waals surface area contributed by atoms with Gasteiger partial charge in [0.05, 0.1) is 5.41 Å². The summed E-state index contributed by atoms with van der Waals surface area (Å²) < 4.78 is 31.2. The number of nitrogens with one attached hydrogen (secondary N) is 1. The number of hydrogen-bond donors (Lipinski definition) is 2. The molecule has 1 amide bonds. The number of halogens is 2. The molecular formula is C19H19F2NO3. The summed E-state index contributed by atoms with van der Waals surface area (Å²) in [7, 11) is 0. The largest absolute Gasteiger partial charge is 0.491 e. The lowest BCUT2D eigenvalue weighted by Crippen LogP contribution is -2.40. The number of amides is 1. The molecule has 0 radical (unpaired) electrons. The molecule has 0 aliphatic heterocycles. The second kappa shape index (κ2) is 7.19. The van der Waals surface area contributed by atoms with E-state index in [1.54, 1.807) is 12.1 Å². The zero-order valence-corrected chi connectivity index (χ0v) is 13.5. The summed E-state index contributed by atoms with van der Waals surface area (Å²) in [5.74, 6) is -0.444. The van der Waals surface area contributed by atoms with E-state index < -0.39 is 11.5 Å². The van der Waals surface area contributed by atoms with E-state index in [4.69, 9.17) is 4.74 Å². The maximum atomic E-state index is 13.0. The van der Waals surface area contributed by atoms with Gasteiger partial charge in [-0.1, -0.05) is 12.1 Å². The summed E-state index contributed by atoms with van der Waals surface area (Å²) in [6.07, 6.45) is 0.511. The first kappa shape index (κ1) is 17.4. The molecule has 6 heteroatoms. The highest BCUT2D eigenvalue weighted by molar-refractivity contribution is 5.91. The molecule has 0 bridgehead atoms. The monoisotopic (exact) mass is 347 g/mol. The minimum Gasteiger partial charge on any atom is -0.491 e. The van der Waals surface area contributed by atoms with Crippen molar-refractivity contribution in [2.24, 2.45) is 0 Å². The van der Waals surface area contributed by atoms with E-state index in [1.165, 1.54) is 36.4 Å². The quantitative estimate of drug-likeness (QED) is 0.809. The maximum absolute atomic E-state index is 13.0. The first-order chi connectivity index (χ1) is 12.0. The second-order valence-electron chi connectivity index (χ2n) is 6.22. The molecule has 0 heterocycles. The Labute approximate surface area is 144 Å². The number of benzene rings is 2. The van der Waals surface area contributed by atoms with Crippen molar-refractivity contribution < 1.29 is 23.4 Å². The van der Waals surface area contributed by atoms with Crippen LogP contribution in [-0.2, 0) is 10.2 Å². The molecule has 0 saturated heterocycles. The topological polar surface area (TPSA) is 58.6 Å².